The number of carbonyl (C=O) groups excluding carboxylic acids is 1. The van der Waals surface area contributed by atoms with Crippen molar-refractivity contribution in [2.75, 3.05) is 18.8 Å². The van der Waals surface area contributed by atoms with E-state index in [1.165, 1.54) is 18.4 Å². The summed E-state index contributed by atoms with van der Waals surface area (Å²) in [6.07, 6.45) is 3.58. The zero-order valence-corrected chi connectivity index (χ0v) is 14.9. The summed E-state index contributed by atoms with van der Waals surface area (Å²) in [6.45, 7) is 4.65. The molecule has 4 nitrogen and oxygen atoms in total. The molecule has 1 aliphatic heterocycles. The number of nitrogen functional groups attached to an aromatic ring is 1. The second-order valence-corrected chi connectivity index (χ2v) is 6.89. The monoisotopic (exact) mass is 337 g/mol. The third kappa shape index (κ3) is 4.60. The minimum Gasteiger partial charge on any atom is -0.399 e. The molecule has 1 saturated heterocycles. The lowest BCUT2D eigenvalue weighted by Crippen LogP contribution is -2.46. The number of rotatable bonds is 5. The number of likely N-dealkylation sites (tertiary alicyclic amines) is 1. The summed E-state index contributed by atoms with van der Waals surface area (Å²) >= 11 is 0. The highest BCUT2D eigenvalue weighted by molar-refractivity contribution is 5.96. The van der Waals surface area contributed by atoms with Gasteiger partial charge in [-0.05, 0) is 49.6 Å². The molecule has 1 heterocycles. The number of benzene rings is 2. The fourth-order valence-corrected chi connectivity index (χ4v) is 3.51. The van der Waals surface area contributed by atoms with Gasteiger partial charge in [-0.1, -0.05) is 42.8 Å². The number of nitrogens with one attached hydrogen (secondary N) is 1. The third-order valence-corrected chi connectivity index (χ3v) is 4.98. The van der Waals surface area contributed by atoms with Crippen molar-refractivity contribution in [2.45, 2.75) is 38.8 Å². The van der Waals surface area contributed by atoms with Crippen LogP contribution in [0.1, 0.15) is 40.7 Å². The lowest BCUT2D eigenvalue weighted by atomic mass is 10.0. The van der Waals surface area contributed by atoms with Crippen LogP contribution in [0.2, 0.25) is 0 Å². The molecule has 0 saturated carbocycles. The Labute approximate surface area is 150 Å². The lowest BCUT2D eigenvalue weighted by Gasteiger charge is -2.36. The van der Waals surface area contributed by atoms with Gasteiger partial charge in [-0.3, -0.25) is 9.69 Å². The predicted octanol–water partition coefficient (Wildman–Crippen LogP) is 3.36. The number of nitrogens with two attached hydrogens (primary N) is 1. The molecule has 0 spiro atoms. The third-order valence-electron chi connectivity index (χ3n) is 4.98. The molecule has 132 valence electrons. The average molecular weight is 337 g/mol. The molecule has 4 heteroatoms. The van der Waals surface area contributed by atoms with Crippen LogP contribution in [0.4, 0.5) is 5.69 Å². The molecule has 2 aromatic carbocycles. The summed E-state index contributed by atoms with van der Waals surface area (Å²) in [5, 5.41) is 3.12. The summed E-state index contributed by atoms with van der Waals surface area (Å²) < 4.78 is 0. The number of amides is 1. The van der Waals surface area contributed by atoms with E-state index in [0.29, 0.717) is 23.8 Å². The SMILES string of the molecule is Cc1ccc(N)cc1C(=O)NCC1CCCCN1Cc1ccccc1. The number of hydrogen-bond donors (Lipinski definition) is 2. The van der Waals surface area contributed by atoms with Crippen molar-refractivity contribution < 1.29 is 4.79 Å². The highest BCUT2D eigenvalue weighted by Crippen LogP contribution is 2.20. The molecule has 1 aliphatic rings. The molecule has 2 aromatic rings. The van der Waals surface area contributed by atoms with E-state index in [0.717, 1.165) is 25.1 Å². The Morgan fingerprint density at radius 1 is 1.20 bits per heavy atom. The number of carbonyl (C=O) groups is 1. The van der Waals surface area contributed by atoms with Gasteiger partial charge >= 0.3 is 0 Å². The number of nitrogens with zero attached hydrogens (tertiary/aromatic N) is 1. The van der Waals surface area contributed by atoms with Gasteiger partial charge < -0.3 is 11.1 Å². The molecular formula is C21H27N3O. The first-order valence-corrected chi connectivity index (χ1v) is 9.06. The molecule has 3 rings (SSSR count). The van der Waals surface area contributed by atoms with Gasteiger partial charge in [0.25, 0.3) is 5.91 Å². The van der Waals surface area contributed by atoms with Crippen LogP contribution in [0.5, 0.6) is 0 Å². The molecule has 25 heavy (non-hydrogen) atoms. The molecular weight excluding hydrogens is 310 g/mol. The van der Waals surface area contributed by atoms with Crippen molar-refractivity contribution in [3.05, 3.63) is 65.2 Å². The quantitative estimate of drug-likeness (QED) is 0.823. The first-order chi connectivity index (χ1) is 12.1. The van der Waals surface area contributed by atoms with E-state index >= 15 is 0 Å². The van der Waals surface area contributed by atoms with Gasteiger partial charge in [0.1, 0.15) is 0 Å². The molecule has 1 amide bonds. The van der Waals surface area contributed by atoms with Gasteiger partial charge in [0.15, 0.2) is 0 Å². The van der Waals surface area contributed by atoms with E-state index in [1.807, 2.05) is 25.1 Å². The smallest absolute Gasteiger partial charge is 0.251 e. The van der Waals surface area contributed by atoms with Crippen molar-refractivity contribution >= 4 is 11.6 Å². The van der Waals surface area contributed by atoms with Gasteiger partial charge in [-0.15, -0.1) is 0 Å². The van der Waals surface area contributed by atoms with Crippen LogP contribution < -0.4 is 11.1 Å². The van der Waals surface area contributed by atoms with Gasteiger partial charge in [-0.25, -0.2) is 0 Å². The Hall–Kier alpha value is -2.33. The van der Waals surface area contributed by atoms with Crippen LogP contribution in [0.15, 0.2) is 48.5 Å². The Balaban J connectivity index is 1.62. The first kappa shape index (κ1) is 17.5. The summed E-state index contributed by atoms with van der Waals surface area (Å²) in [5.41, 5.74) is 9.40. The topological polar surface area (TPSA) is 58.4 Å². The van der Waals surface area contributed by atoms with Crippen molar-refractivity contribution in [3.63, 3.8) is 0 Å². The summed E-state index contributed by atoms with van der Waals surface area (Å²) in [7, 11) is 0. The number of aryl methyl sites for hydroxylation is 1. The zero-order chi connectivity index (χ0) is 17.6. The molecule has 0 aliphatic carbocycles. The number of anilines is 1. The molecule has 1 atom stereocenters. The summed E-state index contributed by atoms with van der Waals surface area (Å²) in [6, 6.07) is 16.4. The van der Waals surface area contributed by atoms with Crippen LogP contribution in [0.25, 0.3) is 0 Å². The van der Waals surface area contributed by atoms with Gasteiger partial charge in [0.05, 0.1) is 0 Å². The van der Waals surface area contributed by atoms with Crippen LogP contribution in [0.3, 0.4) is 0 Å². The standard InChI is InChI=1S/C21H27N3O/c1-16-10-11-18(22)13-20(16)21(25)23-14-19-9-5-6-12-24(19)15-17-7-3-2-4-8-17/h2-4,7-8,10-11,13,19H,5-6,9,12,14-15,22H2,1H3,(H,23,25). The van der Waals surface area contributed by atoms with E-state index in [-0.39, 0.29) is 5.91 Å². The van der Waals surface area contributed by atoms with Crippen molar-refractivity contribution in [1.82, 2.24) is 10.2 Å². The van der Waals surface area contributed by atoms with Gasteiger partial charge in [-0.2, -0.15) is 0 Å². The Morgan fingerprint density at radius 2 is 2.00 bits per heavy atom. The van der Waals surface area contributed by atoms with Crippen molar-refractivity contribution in [3.8, 4) is 0 Å². The largest absolute Gasteiger partial charge is 0.399 e. The molecule has 0 radical (unpaired) electrons. The Bertz CT molecular complexity index is 714. The van der Waals surface area contributed by atoms with Gasteiger partial charge in [0.2, 0.25) is 0 Å². The van der Waals surface area contributed by atoms with Gasteiger partial charge in [0, 0.05) is 30.4 Å². The summed E-state index contributed by atoms with van der Waals surface area (Å²) in [4.78, 5) is 15.0. The van der Waals surface area contributed by atoms with Crippen LogP contribution in [-0.2, 0) is 6.54 Å². The van der Waals surface area contributed by atoms with E-state index in [2.05, 4.69) is 34.5 Å². The van der Waals surface area contributed by atoms with E-state index in [4.69, 9.17) is 5.73 Å². The van der Waals surface area contributed by atoms with Crippen molar-refractivity contribution in [1.29, 1.82) is 0 Å². The molecule has 0 bridgehead atoms. The summed E-state index contributed by atoms with van der Waals surface area (Å²) in [5.74, 6) is -0.0324. The van der Waals surface area contributed by atoms with E-state index in [9.17, 15) is 4.79 Å². The number of hydrogen-bond acceptors (Lipinski definition) is 3. The maximum atomic E-state index is 12.5. The predicted molar refractivity (Wildman–Crippen MR) is 102 cm³/mol. The minimum atomic E-state index is -0.0324. The minimum absolute atomic E-state index is 0.0324. The number of piperidine rings is 1. The maximum absolute atomic E-state index is 12.5. The molecule has 0 aromatic heterocycles. The fraction of sp³-hybridized carbons (Fsp3) is 0.381. The zero-order valence-electron chi connectivity index (χ0n) is 14.9. The normalized spacial score (nSPS) is 18.0. The highest BCUT2D eigenvalue weighted by Gasteiger charge is 2.23. The lowest BCUT2D eigenvalue weighted by molar-refractivity contribution is 0.0907. The average Bonchev–Trinajstić information content (AvgIpc) is 2.63. The highest BCUT2D eigenvalue weighted by atomic mass is 16.1. The van der Waals surface area contributed by atoms with Crippen LogP contribution in [-0.4, -0.2) is 29.9 Å². The maximum Gasteiger partial charge on any atom is 0.251 e. The van der Waals surface area contributed by atoms with Crippen LogP contribution >= 0.6 is 0 Å². The Morgan fingerprint density at radius 3 is 2.80 bits per heavy atom. The van der Waals surface area contributed by atoms with Crippen LogP contribution in [0, 0.1) is 6.92 Å². The molecule has 1 unspecified atom stereocenters. The Kier molecular flexibility index (Phi) is 5.71. The second kappa shape index (κ2) is 8.17. The van der Waals surface area contributed by atoms with Crippen molar-refractivity contribution in [2.24, 2.45) is 0 Å². The molecule has 3 N–H and O–H groups in total. The first-order valence-electron chi connectivity index (χ1n) is 9.06. The fourth-order valence-electron chi connectivity index (χ4n) is 3.51. The second-order valence-electron chi connectivity index (χ2n) is 6.89. The molecule has 1 fully saturated rings. The van der Waals surface area contributed by atoms with E-state index < -0.39 is 0 Å². The van der Waals surface area contributed by atoms with E-state index in [1.54, 1.807) is 6.07 Å².